The molecule has 208 valence electrons. The van der Waals surface area contributed by atoms with E-state index in [1.807, 2.05) is 30.3 Å². The molecule has 0 bridgehead atoms. The van der Waals surface area contributed by atoms with Crippen molar-refractivity contribution in [1.29, 1.82) is 0 Å². The quantitative estimate of drug-likeness (QED) is 0.228. The van der Waals surface area contributed by atoms with Gasteiger partial charge in [0.1, 0.15) is 42.0 Å². The van der Waals surface area contributed by atoms with Gasteiger partial charge in [0.2, 0.25) is 5.88 Å². The zero-order valence-electron chi connectivity index (χ0n) is 21.9. The third-order valence-corrected chi connectivity index (χ3v) is 6.98. The number of hydrogen-bond acceptors (Lipinski definition) is 7. The summed E-state index contributed by atoms with van der Waals surface area (Å²) in [7, 11) is 0. The van der Waals surface area contributed by atoms with Gasteiger partial charge >= 0.3 is 6.03 Å². The molecule has 0 radical (unpaired) electrons. The fraction of sp³-hybridized carbons (Fsp3) is 0.345. The van der Waals surface area contributed by atoms with Gasteiger partial charge in [-0.3, -0.25) is 0 Å². The van der Waals surface area contributed by atoms with Crippen LogP contribution in [0.5, 0.6) is 17.4 Å². The zero-order chi connectivity index (χ0) is 27.5. The third kappa shape index (κ3) is 6.32. The van der Waals surface area contributed by atoms with E-state index in [0.717, 1.165) is 37.2 Å². The lowest BCUT2D eigenvalue weighted by atomic mass is 10.1. The van der Waals surface area contributed by atoms with E-state index in [4.69, 9.17) is 9.47 Å². The number of aliphatic hydroxyl groups excluding tert-OH is 1. The van der Waals surface area contributed by atoms with Crippen LogP contribution in [0.3, 0.4) is 0 Å². The second kappa shape index (κ2) is 11.5. The molecule has 11 heteroatoms. The summed E-state index contributed by atoms with van der Waals surface area (Å²) in [4.78, 5) is 26.0. The molecule has 4 aromatic rings. The Bertz CT molecular complexity index is 1480. The highest BCUT2D eigenvalue weighted by molar-refractivity contribution is 5.90. The molecule has 0 spiro atoms. The summed E-state index contributed by atoms with van der Waals surface area (Å²) in [6.07, 6.45) is 5.11. The van der Waals surface area contributed by atoms with Crippen LogP contribution >= 0.6 is 0 Å². The van der Waals surface area contributed by atoms with Crippen molar-refractivity contribution in [3.8, 4) is 28.6 Å². The molecule has 10 nitrogen and oxygen atoms in total. The van der Waals surface area contributed by atoms with E-state index in [2.05, 4.69) is 30.5 Å². The molecule has 1 atom stereocenters. The summed E-state index contributed by atoms with van der Waals surface area (Å²) in [6.45, 7) is 2.94. The Balaban J connectivity index is 1.10. The molecule has 2 aromatic heterocycles. The van der Waals surface area contributed by atoms with Crippen LogP contribution in [0.1, 0.15) is 25.7 Å². The number of amides is 2. The van der Waals surface area contributed by atoms with Crippen LogP contribution in [0.25, 0.3) is 22.3 Å². The van der Waals surface area contributed by atoms with Gasteiger partial charge in [0.25, 0.3) is 0 Å². The fourth-order valence-corrected chi connectivity index (χ4v) is 4.74. The number of halogens is 1. The number of hydrogen-bond donors (Lipinski definition) is 4. The predicted octanol–water partition coefficient (Wildman–Crippen LogP) is 4.68. The highest BCUT2D eigenvalue weighted by atomic mass is 19.1. The molecule has 2 aromatic carbocycles. The maximum atomic E-state index is 14.6. The number of rotatable bonds is 10. The topological polar surface area (TPSA) is 125 Å². The smallest absolute Gasteiger partial charge is 0.319 e. The van der Waals surface area contributed by atoms with Crippen molar-refractivity contribution < 1.29 is 23.8 Å². The van der Waals surface area contributed by atoms with Gasteiger partial charge in [-0.15, -0.1) is 0 Å². The van der Waals surface area contributed by atoms with E-state index in [1.54, 1.807) is 6.07 Å². The maximum Gasteiger partial charge on any atom is 0.319 e. The molecule has 4 N–H and O–H groups in total. The highest BCUT2D eigenvalue weighted by Crippen LogP contribution is 2.32. The van der Waals surface area contributed by atoms with Crippen LogP contribution < -0.4 is 20.1 Å². The standard InChI is InChI=1S/C29H31FN6O4/c30-24-13-22(9-10-25(24)35-29(38)33-19-5-6-19)40-28-23-14-26(34-27(23)31-17-32-28)18-3-7-21(8-4-18)39-16-20(37)15-36-11-1-2-12-36/h3-4,7-10,13-14,17,19-20,37H,1-2,5-6,11-12,15-16H2,(H,31,32,34)(H2,33,35,38)/t20-/m1/s1. The summed E-state index contributed by atoms with van der Waals surface area (Å²) in [6, 6.07) is 13.4. The molecular weight excluding hydrogens is 515 g/mol. The van der Waals surface area contributed by atoms with Crippen LogP contribution in [0, 0.1) is 5.82 Å². The SMILES string of the molecule is O=C(Nc1ccc(Oc2ncnc3[nH]c(-c4ccc(OC[C@H](O)CN5CCCC5)cc4)cc23)cc1F)NC1CC1. The number of H-pyrrole nitrogens is 1. The summed E-state index contributed by atoms with van der Waals surface area (Å²) < 4.78 is 26.3. The van der Waals surface area contributed by atoms with Crippen molar-refractivity contribution in [2.24, 2.45) is 0 Å². The van der Waals surface area contributed by atoms with E-state index in [-0.39, 0.29) is 30.0 Å². The lowest BCUT2D eigenvalue weighted by Crippen LogP contribution is -2.33. The van der Waals surface area contributed by atoms with Crippen LogP contribution in [0.4, 0.5) is 14.9 Å². The highest BCUT2D eigenvalue weighted by Gasteiger charge is 2.23. The molecule has 1 aliphatic carbocycles. The van der Waals surface area contributed by atoms with Gasteiger partial charge in [-0.05, 0) is 86.8 Å². The predicted molar refractivity (Wildman–Crippen MR) is 148 cm³/mol. The Labute approximate surface area is 230 Å². The van der Waals surface area contributed by atoms with Crippen LogP contribution in [-0.4, -0.2) is 69.4 Å². The number of carbonyl (C=O) groups excluding carboxylic acids is 1. The first-order valence-electron chi connectivity index (χ1n) is 13.5. The summed E-state index contributed by atoms with van der Waals surface area (Å²) in [5.41, 5.74) is 2.34. The largest absolute Gasteiger partial charge is 0.491 e. The Morgan fingerprint density at radius 2 is 1.88 bits per heavy atom. The van der Waals surface area contributed by atoms with Crippen molar-refractivity contribution in [3.05, 3.63) is 60.7 Å². The van der Waals surface area contributed by atoms with Crippen molar-refractivity contribution >= 4 is 22.8 Å². The number of nitrogens with zero attached hydrogens (tertiary/aromatic N) is 3. The van der Waals surface area contributed by atoms with Gasteiger partial charge in [0, 0.05) is 24.3 Å². The van der Waals surface area contributed by atoms with E-state index in [0.29, 0.717) is 23.3 Å². The summed E-state index contributed by atoms with van der Waals surface area (Å²) in [5.74, 6) is 0.566. The number of fused-ring (bicyclic) bond motifs is 1. The lowest BCUT2D eigenvalue weighted by Gasteiger charge is -2.19. The summed E-state index contributed by atoms with van der Waals surface area (Å²) in [5, 5.41) is 16.2. The second-order valence-electron chi connectivity index (χ2n) is 10.2. The molecule has 1 aliphatic heterocycles. The first-order valence-corrected chi connectivity index (χ1v) is 13.5. The van der Waals surface area contributed by atoms with Crippen LogP contribution in [0.2, 0.25) is 0 Å². The van der Waals surface area contributed by atoms with E-state index >= 15 is 0 Å². The van der Waals surface area contributed by atoms with Gasteiger partial charge in [-0.2, -0.15) is 0 Å². The minimum atomic E-state index is -0.616. The summed E-state index contributed by atoms with van der Waals surface area (Å²) >= 11 is 0. The second-order valence-corrected chi connectivity index (χ2v) is 10.2. The normalized spacial score (nSPS) is 16.1. The number of aromatic nitrogens is 3. The van der Waals surface area contributed by atoms with E-state index in [1.165, 1.54) is 31.3 Å². The molecule has 1 saturated carbocycles. The first kappa shape index (κ1) is 26.0. The average Bonchev–Trinajstić information content (AvgIpc) is 3.41. The van der Waals surface area contributed by atoms with Crippen LogP contribution in [-0.2, 0) is 0 Å². The Kier molecular flexibility index (Phi) is 7.47. The number of ether oxygens (including phenoxy) is 2. The maximum absolute atomic E-state index is 14.6. The average molecular weight is 547 g/mol. The number of anilines is 1. The number of urea groups is 1. The molecule has 40 heavy (non-hydrogen) atoms. The van der Waals surface area contributed by atoms with Crippen molar-refractivity contribution in [3.63, 3.8) is 0 Å². The number of likely N-dealkylation sites (tertiary alicyclic amines) is 1. The molecule has 1 saturated heterocycles. The van der Waals surface area contributed by atoms with Crippen molar-refractivity contribution in [2.45, 2.75) is 37.8 Å². The van der Waals surface area contributed by atoms with Gasteiger partial charge in [0.05, 0.1) is 11.1 Å². The molecule has 2 aliphatic rings. The first-order chi connectivity index (χ1) is 19.5. The van der Waals surface area contributed by atoms with Gasteiger partial charge in [0.15, 0.2) is 0 Å². The van der Waals surface area contributed by atoms with Crippen molar-refractivity contribution in [1.82, 2.24) is 25.2 Å². The number of β-amino-alcohol motifs (C(OH)–C–C–N with tert-alkyl or cyclic N) is 1. The Hall–Kier alpha value is -4.22. The monoisotopic (exact) mass is 546 g/mol. The van der Waals surface area contributed by atoms with E-state index in [9.17, 15) is 14.3 Å². The van der Waals surface area contributed by atoms with Gasteiger partial charge < -0.3 is 35.1 Å². The Morgan fingerprint density at radius 3 is 2.62 bits per heavy atom. The number of aromatic amines is 1. The molecule has 6 rings (SSSR count). The third-order valence-electron chi connectivity index (χ3n) is 6.98. The number of nitrogens with one attached hydrogen (secondary N) is 3. The van der Waals surface area contributed by atoms with Crippen LogP contribution in [0.15, 0.2) is 54.9 Å². The fourth-order valence-electron chi connectivity index (χ4n) is 4.74. The number of benzene rings is 2. The van der Waals surface area contributed by atoms with Gasteiger partial charge in [-0.1, -0.05) is 0 Å². The zero-order valence-corrected chi connectivity index (χ0v) is 21.9. The van der Waals surface area contributed by atoms with Crippen molar-refractivity contribution in [2.75, 3.05) is 31.6 Å². The lowest BCUT2D eigenvalue weighted by molar-refractivity contribution is 0.0758. The molecule has 3 heterocycles. The number of carbonyl (C=O) groups is 1. The minimum absolute atomic E-state index is 0.0655. The molecule has 2 amide bonds. The molecule has 0 unspecified atom stereocenters. The van der Waals surface area contributed by atoms with E-state index < -0.39 is 18.0 Å². The van der Waals surface area contributed by atoms with Gasteiger partial charge in [-0.25, -0.2) is 19.2 Å². The minimum Gasteiger partial charge on any atom is -0.491 e. The number of aliphatic hydroxyl groups is 1. The molecular formula is C29H31FN6O4. The Morgan fingerprint density at radius 1 is 1.10 bits per heavy atom. The molecule has 2 fully saturated rings.